The number of nitrogens with one attached hydrogen (secondary N) is 1. The third-order valence-corrected chi connectivity index (χ3v) is 3.93. The van der Waals surface area contributed by atoms with Crippen molar-refractivity contribution in [1.82, 2.24) is 9.88 Å². The van der Waals surface area contributed by atoms with Crippen LogP contribution in [0.15, 0.2) is 30.3 Å². The van der Waals surface area contributed by atoms with Crippen molar-refractivity contribution in [2.75, 3.05) is 13.1 Å². The maximum absolute atomic E-state index is 12.8. The zero-order chi connectivity index (χ0) is 15.0. The highest BCUT2D eigenvalue weighted by molar-refractivity contribution is 5.98. The van der Waals surface area contributed by atoms with Gasteiger partial charge in [-0.05, 0) is 25.0 Å². The zero-order valence-corrected chi connectivity index (χ0v) is 11.3. The number of carbonyl (C=O) groups is 1. The molecule has 1 N–H and O–H groups in total. The van der Waals surface area contributed by atoms with E-state index in [1.54, 1.807) is 6.07 Å². The largest absolute Gasteiger partial charge is 0.393 e. The van der Waals surface area contributed by atoms with Gasteiger partial charge in [0.2, 0.25) is 0 Å². The number of likely N-dealkylation sites (tertiary alicyclic amines) is 1. The van der Waals surface area contributed by atoms with Crippen LogP contribution < -0.4 is 0 Å². The number of nitrogens with zero attached hydrogens (tertiary/aromatic N) is 1. The van der Waals surface area contributed by atoms with Gasteiger partial charge < -0.3 is 9.88 Å². The van der Waals surface area contributed by atoms with Gasteiger partial charge >= 0.3 is 6.18 Å². The maximum Gasteiger partial charge on any atom is 0.393 e. The van der Waals surface area contributed by atoms with Crippen LogP contribution in [-0.4, -0.2) is 35.1 Å². The van der Waals surface area contributed by atoms with E-state index in [4.69, 9.17) is 0 Å². The summed E-state index contributed by atoms with van der Waals surface area (Å²) in [4.78, 5) is 16.6. The van der Waals surface area contributed by atoms with Crippen LogP contribution in [0.1, 0.15) is 23.3 Å². The average Bonchev–Trinajstić information content (AvgIpc) is 2.89. The Hall–Kier alpha value is -1.98. The van der Waals surface area contributed by atoms with Gasteiger partial charge in [0, 0.05) is 24.0 Å². The summed E-state index contributed by atoms with van der Waals surface area (Å²) in [6.07, 6.45) is -3.75. The monoisotopic (exact) mass is 296 g/mol. The summed E-state index contributed by atoms with van der Waals surface area (Å²) in [6.45, 7) is 0.123. The lowest BCUT2D eigenvalue weighted by atomic mass is 9.97. The number of para-hydroxylation sites is 1. The van der Waals surface area contributed by atoms with E-state index in [2.05, 4.69) is 4.98 Å². The van der Waals surface area contributed by atoms with Gasteiger partial charge in [-0.1, -0.05) is 18.2 Å². The Morgan fingerprint density at radius 3 is 2.76 bits per heavy atom. The smallest absolute Gasteiger partial charge is 0.351 e. The first kappa shape index (κ1) is 14.0. The normalized spacial score (nSPS) is 20.0. The van der Waals surface area contributed by atoms with Gasteiger partial charge in [0.1, 0.15) is 5.69 Å². The highest BCUT2D eigenvalue weighted by Gasteiger charge is 2.42. The molecule has 0 saturated carbocycles. The van der Waals surface area contributed by atoms with E-state index in [0.717, 1.165) is 10.9 Å². The first-order valence-electron chi connectivity index (χ1n) is 6.89. The van der Waals surface area contributed by atoms with Crippen LogP contribution in [0.25, 0.3) is 10.9 Å². The minimum Gasteiger partial charge on any atom is -0.351 e. The molecular formula is C15H15F3N2O. The number of piperidine rings is 1. The van der Waals surface area contributed by atoms with Gasteiger partial charge in [-0.15, -0.1) is 0 Å². The first-order valence-corrected chi connectivity index (χ1v) is 6.89. The molecule has 0 aliphatic carbocycles. The van der Waals surface area contributed by atoms with Gasteiger partial charge in [0.05, 0.1) is 5.92 Å². The molecule has 3 rings (SSSR count). The molecule has 2 heterocycles. The van der Waals surface area contributed by atoms with Crippen LogP contribution in [0.4, 0.5) is 13.2 Å². The van der Waals surface area contributed by atoms with Crippen molar-refractivity contribution < 1.29 is 18.0 Å². The molecule has 1 aliphatic rings. The van der Waals surface area contributed by atoms with Crippen LogP contribution in [0.3, 0.4) is 0 Å². The molecule has 1 amide bonds. The van der Waals surface area contributed by atoms with Crippen LogP contribution >= 0.6 is 0 Å². The summed E-state index contributed by atoms with van der Waals surface area (Å²) < 4.78 is 38.4. The fraction of sp³-hybridized carbons (Fsp3) is 0.400. The molecular weight excluding hydrogens is 281 g/mol. The van der Waals surface area contributed by atoms with Crippen molar-refractivity contribution in [1.29, 1.82) is 0 Å². The Bertz CT molecular complexity index is 629. The number of aromatic nitrogens is 1. The molecule has 3 nitrogen and oxygen atoms in total. The number of hydrogen-bond acceptors (Lipinski definition) is 1. The number of benzene rings is 1. The molecule has 0 bridgehead atoms. The van der Waals surface area contributed by atoms with Crippen molar-refractivity contribution in [2.24, 2.45) is 5.92 Å². The van der Waals surface area contributed by atoms with Crippen molar-refractivity contribution in [3.05, 3.63) is 36.0 Å². The molecule has 6 heteroatoms. The van der Waals surface area contributed by atoms with Crippen LogP contribution in [0.5, 0.6) is 0 Å². The van der Waals surface area contributed by atoms with E-state index in [0.29, 0.717) is 18.7 Å². The summed E-state index contributed by atoms with van der Waals surface area (Å²) in [5.74, 6) is -1.78. The predicted octanol–water partition coefficient (Wildman–Crippen LogP) is 3.58. The molecule has 21 heavy (non-hydrogen) atoms. The highest BCUT2D eigenvalue weighted by Crippen LogP contribution is 2.33. The zero-order valence-electron chi connectivity index (χ0n) is 11.3. The molecule has 1 aromatic heterocycles. The number of alkyl halides is 3. The Morgan fingerprint density at radius 1 is 1.29 bits per heavy atom. The number of halogens is 3. The second-order valence-corrected chi connectivity index (χ2v) is 5.40. The fourth-order valence-corrected chi connectivity index (χ4v) is 2.79. The highest BCUT2D eigenvalue weighted by atomic mass is 19.4. The third-order valence-electron chi connectivity index (χ3n) is 3.93. The Balaban J connectivity index is 1.81. The van der Waals surface area contributed by atoms with Gasteiger partial charge in [0.25, 0.3) is 5.91 Å². The summed E-state index contributed by atoms with van der Waals surface area (Å²) in [6, 6.07) is 9.08. The number of hydrogen-bond donors (Lipinski definition) is 1. The minimum atomic E-state index is -4.24. The van der Waals surface area contributed by atoms with E-state index < -0.39 is 12.1 Å². The number of H-pyrrole nitrogens is 1. The van der Waals surface area contributed by atoms with Crippen molar-refractivity contribution in [3.63, 3.8) is 0 Å². The number of amides is 1. The number of fused-ring (bicyclic) bond motifs is 1. The lowest BCUT2D eigenvalue weighted by Crippen LogP contribution is -2.44. The standard InChI is InChI=1S/C15H15F3N2O/c16-15(17,18)11-5-3-7-20(9-11)14(21)13-8-10-4-1-2-6-12(10)19-13/h1-2,4,6,8,11,19H,3,5,7,9H2/t11-/m0/s1. The molecule has 112 valence electrons. The Kier molecular flexibility index (Phi) is 3.39. The van der Waals surface area contributed by atoms with E-state index in [1.807, 2.05) is 24.3 Å². The second kappa shape index (κ2) is 5.09. The number of rotatable bonds is 1. The van der Waals surface area contributed by atoms with Crippen LogP contribution in [-0.2, 0) is 0 Å². The molecule has 0 spiro atoms. The van der Waals surface area contributed by atoms with Crippen molar-refractivity contribution >= 4 is 16.8 Å². The molecule has 1 saturated heterocycles. The van der Waals surface area contributed by atoms with Gasteiger partial charge in [0.15, 0.2) is 0 Å². The summed E-state index contributed by atoms with van der Waals surface area (Å²) in [5, 5.41) is 0.880. The van der Waals surface area contributed by atoms with Crippen molar-refractivity contribution in [3.8, 4) is 0 Å². The minimum absolute atomic E-state index is 0.0972. The molecule has 1 atom stereocenters. The van der Waals surface area contributed by atoms with Crippen molar-refractivity contribution in [2.45, 2.75) is 19.0 Å². The van der Waals surface area contributed by atoms with E-state index in [9.17, 15) is 18.0 Å². The molecule has 2 aromatic rings. The van der Waals surface area contributed by atoms with Crippen LogP contribution in [0.2, 0.25) is 0 Å². The average molecular weight is 296 g/mol. The second-order valence-electron chi connectivity index (χ2n) is 5.40. The van der Waals surface area contributed by atoms with E-state index >= 15 is 0 Å². The Morgan fingerprint density at radius 2 is 2.05 bits per heavy atom. The van der Waals surface area contributed by atoms with E-state index in [-0.39, 0.29) is 18.9 Å². The lowest BCUT2D eigenvalue weighted by Gasteiger charge is -2.33. The fourth-order valence-electron chi connectivity index (χ4n) is 2.79. The van der Waals surface area contributed by atoms with Gasteiger partial charge in [-0.25, -0.2) is 0 Å². The van der Waals surface area contributed by atoms with Gasteiger partial charge in [-0.3, -0.25) is 4.79 Å². The third kappa shape index (κ3) is 2.75. The lowest BCUT2D eigenvalue weighted by molar-refractivity contribution is -0.184. The first-order chi connectivity index (χ1) is 9.95. The molecule has 1 aromatic carbocycles. The number of carbonyl (C=O) groups excluding carboxylic acids is 1. The molecule has 1 fully saturated rings. The molecule has 0 radical (unpaired) electrons. The molecule has 1 aliphatic heterocycles. The number of aromatic amines is 1. The predicted molar refractivity (Wildman–Crippen MR) is 73.0 cm³/mol. The topological polar surface area (TPSA) is 36.1 Å². The summed E-state index contributed by atoms with van der Waals surface area (Å²) in [5.41, 5.74) is 1.16. The van der Waals surface area contributed by atoms with E-state index in [1.165, 1.54) is 4.90 Å². The molecule has 0 unspecified atom stereocenters. The quantitative estimate of drug-likeness (QED) is 0.858. The Labute approximate surface area is 119 Å². The van der Waals surface area contributed by atoms with Gasteiger partial charge in [-0.2, -0.15) is 13.2 Å². The SMILES string of the molecule is O=C(c1cc2ccccc2[nH]1)N1CCC[C@H](C(F)(F)F)C1. The summed E-state index contributed by atoms with van der Waals surface area (Å²) >= 11 is 0. The van der Waals surface area contributed by atoms with Crippen LogP contribution in [0, 0.1) is 5.92 Å². The summed E-state index contributed by atoms with van der Waals surface area (Å²) in [7, 11) is 0. The maximum atomic E-state index is 12.8.